The summed E-state index contributed by atoms with van der Waals surface area (Å²) in [5, 5.41) is 3.54. The Bertz CT molecular complexity index is 1120. The molecule has 0 radical (unpaired) electrons. The first-order valence-electron chi connectivity index (χ1n) is 9.24. The van der Waals surface area contributed by atoms with Crippen LogP contribution in [0.3, 0.4) is 0 Å². The number of pyridine rings is 1. The van der Waals surface area contributed by atoms with Crippen LogP contribution in [0.5, 0.6) is 0 Å². The van der Waals surface area contributed by atoms with Crippen LogP contribution in [0.2, 0.25) is 10.0 Å². The highest BCUT2D eigenvalue weighted by molar-refractivity contribution is 6.37. The zero-order valence-corrected chi connectivity index (χ0v) is 18.3. The second-order valence-electron chi connectivity index (χ2n) is 7.83. The molecule has 0 aliphatic carbocycles. The van der Waals surface area contributed by atoms with E-state index in [1.165, 1.54) is 6.07 Å². The van der Waals surface area contributed by atoms with Crippen LogP contribution in [0.15, 0.2) is 54.7 Å². The molecule has 0 aliphatic heterocycles. The van der Waals surface area contributed by atoms with E-state index in [9.17, 15) is 9.59 Å². The number of carbonyl (C=O) groups is 2. The Balaban J connectivity index is 2.25. The molecule has 2 amide bonds. The fourth-order valence-electron chi connectivity index (χ4n) is 3.04. The van der Waals surface area contributed by atoms with Crippen LogP contribution >= 0.6 is 23.2 Å². The number of amides is 2. The summed E-state index contributed by atoms with van der Waals surface area (Å²) in [6, 6.07) is 13.8. The number of aromatic nitrogens is 1. The Labute approximate surface area is 185 Å². The van der Waals surface area contributed by atoms with Gasteiger partial charge in [-0.1, -0.05) is 35.3 Å². The molecule has 3 rings (SSSR count). The van der Waals surface area contributed by atoms with Crippen molar-refractivity contribution in [2.75, 3.05) is 0 Å². The second kappa shape index (κ2) is 8.46. The summed E-state index contributed by atoms with van der Waals surface area (Å²) in [6.07, 6.45) is 1.67. The molecule has 0 aliphatic rings. The Morgan fingerprint density at radius 3 is 2.30 bits per heavy atom. The van der Waals surface area contributed by atoms with Crippen molar-refractivity contribution in [2.24, 2.45) is 5.73 Å². The van der Waals surface area contributed by atoms with Crippen molar-refractivity contribution < 1.29 is 9.59 Å². The molecule has 154 valence electrons. The van der Waals surface area contributed by atoms with Crippen molar-refractivity contribution in [1.82, 2.24) is 10.3 Å². The standard InChI is InChI=1S/C23H21Cl2N3O2/c1-23(2,3)28-22(30)14-8-9-15(21(26)29)20(25)19(14)13-7-10-17(24)16(12-13)18-6-4-5-11-27-18/h4-12H,1-3H3,(H2,26,29)(H,28,30). The van der Waals surface area contributed by atoms with Gasteiger partial charge in [0, 0.05) is 33.4 Å². The van der Waals surface area contributed by atoms with Crippen LogP contribution in [0.1, 0.15) is 41.5 Å². The summed E-state index contributed by atoms with van der Waals surface area (Å²) in [7, 11) is 0. The third-order valence-electron chi connectivity index (χ3n) is 4.34. The van der Waals surface area contributed by atoms with E-state index < -0.39 is 11.4 Å². The highest BCUT2D eigenvalue weighted by Gasteiger charge is 2.24. The van der Waals surface area contributed by atoms with Crippen molar-refractivity contribution >= 4 is 35.0 Å². The number of primary amides is 1. The smallest absolute Gasteiger partial charge is 0.252 e. The van der Waals surface area contributed by atoms with Gasteiger partial charge < -0.3 is 11.1 Å². The molecule has 7 heteroatoms. The van der Waals surface area contributed by atoms with Crippen LogP contribution in [-0.2, 0) is 0 Å². The maximum absolute atomic E-state index is 13.0. The maximum atomic E-state index is 13.0. The van der Waals surface area contributed by atoms with Crippen LogP contribution in [0.25, 0.3) is 22.4 Å². The lowest BCUT2D eigenvalue weighted by atomic mass is 9.93. The molecule has 30 heavy (non-hydrogen) atoms. The van der Waals surface area contributed by atoms with Crippen LogP contribution < -0.4 is 11.1 Å². The number of nitrogens with one attached hydrogen (secondary N) is 1. The maximum Gasteiger partial charge on any atom is 0.252 e. The minimum atomic E-state index is -0.678. The fraction of sp³-hybridized carbons (Fsp3) is 0.174. The van der Waals surface area contributed by atoms with Gasteiger partial charge in [-0.25, -0.2) is 0 Å². The summed E-state index contributed by atoms with van der Waals surface area (Å²) in [5.41, 5.74) is 7.86. The topological polar surface area (TPSA) is 85.1 Å². The third kappa shape index (κ3) is 4.64. The Kier molecular flexibility index (Phi) is 6.15. The summed E-state index contributed by atoms with van der Waals surface area (Å²) < 4.78 is 0. The van der Waals surface area contributed by atoms with E-state index >= 15 is 0 Å². The first-order valence-corrected chi connectivity index (χ1v) is 10.0. The SMILES string of the molecule is CC(C)(C)NC(=O)c1ccc(C(N)=O)c(Cl)c1-c1ccc(Cl)c(-c2ccccn2)c1. The Morgan fingerprint density at radius 2 is 1.70 bits per heavy atom. The summed E-state index contributed by atoms with van der Waals surface area (Å²) in [6.45, 7) is 5.64. The van der Waals surface area contributed by atoms with E-state index in [-0.39, 0.29) is 16.5 Å². The lowest BCUT2D eigenvalue weighted by Gasteiger charge is -2.22. The van der Waals surface area contributed by atoms with Crippen molar-refractivity contribution in [2.45, 2.75) is 26.3 Å². The van der Waals surface area contributed by atoms with E-state index in [0.29, 0.717) is 33.0 Å². The second-order valence-corrected chi connectivity index (χ2v) is 8.61. The largest absolute Gasteiger partial charge is 0.366 e. The predicted molar refractivity (Wildman–Crippen MR) is 121 cm³/mol. The van der Waals surface area contributed by atoms with Gasteiger partial charge in [-0.2, -0.15) is 0 Å². The van der Waals surface area contributed by atoms with Gasteiger partial charge in [-0.15, -0.1) is 0 Å². The van der Waals surface area contributed by atoms with Crippen molar-refractivity contribution in [3.05, 3.63) is 75.9 Å². The van der Waals surface area contributed by atoms with Gasteiger partial charge in [0.25, 0.3) is 5.91 Å². The van der Waals surface area contributed by atoms with Gasteiger partial charge in [0.2, 0.25) is 5.91 Å². The molecule has 0 fully saturated rings. The van der Waals surface area contributed by atoms with Gasteiger partial charge in [-0.3, -0.25) is 14.6 Å². The summed E-state index contributed by atoms with van der Waals surface area (Å²) in [4.78, 5) is 29.2. The zero-order valence-electron chi connectivity index (χ0n) is 16.8. The van der Waals surface area contributed by atoms with E-state index in [4.69, 9.17) is 28.9 Å². The van der Waals surface area contributed by atoms with Crippen LogP contribution in [0.4, 0.5) is 0 Å². The lowest BCUT2D eigenvalue weighted by molar-refractivity contribution is 0.0918. The quantitative estimate of drug-likeness (QED) is 0.571. The van der Waals surface area contributed by atoms with Crippen molar-refractivity contribution in [3.63, 3.8) is 0 Å². The molecule has 1 heterocycles. The van der Waals surface area contributed by atoms with E-state index in [1.54, 1.807) is 30.5 Å². The first-order chi connectivity index (χ1) is 14.1. The molecular formula is C23H21Cl2N3O2. The van der Waals surface area contributed by atoms with Gasteiger partial charge in [0.15, 0.2) is 0 Å². The Hall–Kier alpha value is -2.89. The number of hydrogen-bond acceptors (Lipinski definition) is 3. The van der Waals surface area contributed by atoms with Gasteiger partial charge in [-0.05, 0) is 62.7 Å². The summed E-state index contributed by atoms with van der Waals surface area (Å²) >= 11 is 13.0. The minimum absolute atomic E-state index is 0.110. The average molecular weight is 442 g/mol. The molecule has 5 nitrogen and oxygen atoms in total. The predicted octanol–water partition coefficient (Wildman–Crippen LogP) is 5.35. The molecule has 0 atom stereocenters. The van der Waals surface area contributed by atoms with Gasteiger partial charge in [0.05, 0.1) is 16.3 Å². The number of nitrogens with two attached hydrogens (primary N) is 1. The monoisotopic (exact) mass is 441 g/mol. The fourth-order valence-corrected chi connectivity index (χ4v) is 3.63. The number of rotatable bonds is 4. The summed E-state index contributed by atoms with van der Waals surface area (Å²) in [5.74, 6) is -0.993. The van der Waals surface area contributed by atoms with Gasteiger partial charge >= 0.3 is 0 Å². The number of hydrogen-bond donors (Lipinski definition) is 2. The molecule has 1 aromatic heterocycles. The molecule has 0 saturated carbocycles. The van der Waals surface area contributed by atoms with Gasteiger partial charge in [0.1, 0.15) is 0 Å². The lowest BCUT2D eigenvalue weighted by Crippen LogP contribution is -2.40. The highest BCUT2D eigenvalue weighted by Crippen LogP contribution is 2.38. The number of carbonyl (C=O) groups excluding carboxylic acids is 2. The molecular weight excluding hydrogens is 421 g/mol. The number of benzene rings is 2. The number of halogens is 2. The normalized spacial score (nSPS) is 11.2. The van der Waals surface area contributed by atoms with E-state index in [2.05, 4.69) is 10.3 Å². The molecule has 0 unspecified atom stereocenters. The first kappa shape index (κ1) is 21.8. The minimum Gasteiger partial charge on any atom is -0.366 e. The zero-order chi connectivity index (χ0) is 22.1. The Morgan fingerprint density at radius 1 is 1.00 bits per heavy atom. The highest BCUT2D eigenvalue weighted by atomic mass is 35.5. The third-order valence-corrected chi connectivity index (χ3v) is 5.06. The number of nitrogens with zero attached hydrogens (tertiary/aromatic N) is 1. The van der Waals surface area contributed by atoms with Crippen LogP contribution in [-0.4, -0.2) is 22.3 Å². The molecule has 3 N–H and O–H groups in total. The molecule has 0 spiro atoms. The molecule has 0 bridgehead atoms. The molecule has 2 aromatic carbocycles. The molecule has 0 saturated heterocycles. The molecule has 3 aromatic rings. The van der Waals surface area contributed by atoms with E-state index in [0.717, 1.165) is 0 Å². The average Bonchev–Trinajstić information content (AvgIpc) is 2.67. The van der Waals surface area contributed by atoms with Crippen molar-refractivity contribution in [1.29, 1.82) is 0 Å². The van der Waals surface area contributed by atoms with E-state index in [1.807, 2.05) is 39.0 Å². The van der Waals surface area contributed by atoms with Crippen molar-refractivity contribution in [3.8, 4) is 22.4 Å². The van der Waals surface area contributed by atoms with Crippen LogP contribution in [0, 0.1) is 0 Å².